The Labute approximate surface area is 64.3 Å². The number of nitrogens with zero attached hydrogens (tertiary/aromatic N) is 1. The molecule has 0 radical (unpaired) electrons. The second-order valence-electron chi connectivity index (χ2n) is 2.28. The highest BCUT2D eigenvalue weighted by molar-refractivity contribution is 5.07. The van der Waals surface area contributed by atoms with Gasteiger partial charge in [-0.1, -0.05) is 6.08 Å². The minimum Gasteiger partial charge on any atom is -0.309 e. The summed E-state index contributed by atoms with van der Waals surface area (Å²) >= 11 is 0. The summed E-state index contributed by atoms with van der Waals surface area (Å²) in [6.45, 7) is 3.35. The van der Waals surface area contributed by atoms with Crippen LogP contribution in [0.3, 0.4) is 0 Å². The highest BCUT2D eigenvalue weighted by Gasteiger charge is 2.34. The van der Waals surface area contributed by atoms with Gasteiger partial charge in [0, 0.05) is 0 Å². The van der Waals surface area contributed by atoms with Gasteiger partial charge in [0.1, 0.15) is 0 Å². The lowest BCUT2D eigenvalue weighted by Gasteiger charge is -2.18. The Hall–Kier alpha value is -0.950. The van der Waals surface area contributed by atoms with Crippen LogP contribution in [0.4, 0.5) is 8.78 Å². The molecule has 0 aliphatic carbocycles. The smallest absolute Gasteiger partial charge is 0.269 e. The van der Waals surface area contributed by atoms with E-state index in [9.17, 15) is 8.78 Å². The van der Waals surface area contributed by atoms with Gasteiger partial charge in [-0.15, -0.1) is 6.58 Å². The molecule has 2 nitrogen and oxygen atoms in total. The average molecular weight is 160 g/mol. The van der Waals surface area contributed by atoms with E-state index in [0.29, 0.717) is 6.42 Å². The van der Waals surface area contributed by atoms with Crippen LogP contribution in [-0.4, -0.2) is 12.0 Å². The van der Waals surface area contributed by atoms with E-state index in [1.54, 1.807) is 0 Å². The zero-order valence-electron chi connectivity index (χ0n) is 6.06. The average Bonchev–Trinajstić information content (AvgIpc) is 2.00. The Morgan fingerprint density at radius 1 is 1.73 bits per heavy atom. The third kappa shape index (κ3) is 2.64. The van der Waals surface area contributed by atoms with Crippen LogP contribution < -0.4 is 5.73 Å². The van der Waals surface area contributed by atoms with Gasteiger partial charge in [-0.25, -0.2) is 8.78 Å². The SMILES string of the molecule is C=CCCC(N)(C#N)C(F)F. The van der Waals surface area contributed by atoms with E-state index >= 15 is 0 Å². The predicted octanol–water partition coefficient (Wildman–Crippen LogP) is 1.44. The van der Waals surface area contributed by atoms with Gasteiger partial charge < -0.3 is 5.73 Å². The Morgan fingerprint density at radius 2 is 2.27 bits per heavy atom. The van der Waals surface area contributed by atoms with Crippen molar-refractivity contribution in [2.24, 2.45) is 5.73 Å². The van der Waals surface area contributed by atoms with Gasteiger partial charge in [-0.3, -0.25) is 0 Å². The lowest BCUT2D eigenvalue weighted by molar-refractivity contribution is 0.0791. The maximum Gasteiger partial charge on any atom is 0.269 e. The molecule has 0 heterocycles. The number of nitriles is 1. The van der Waals surface area contributed by atoms with Crippen molar-refractivity contribution in [3.8, 4) is 6.07 Å². The molecule has 1 unspecified atom stereocenters. The van der Waals surface area contributed by atoms with Crippen LogP contribution in [0.5, 0.6) is 0 Å². The van der Waals surface area contributed by atoms with E-state index in [2.05, 4.69) is 6.58 Å². The van der Waals surface area contributed by atoms with Crippen molar-refractivity contribution in [3.05, 3.63) is 12.7 Å². The van der Waals surface area contributed by atoms with E-state index < -0.39 is 12.0 Å². The predicted molar refractivity (Wildman–Crippen MR) is 38.0 cm³/mol. The molecule has 0 spiro atoms. The first-order chi connectivity index (χ1) is 5.06. The fraction of sp³-hybridized carbons (Fsp3) is 0.571. The second-order valence-corrected chi connectivity index (χ2v) is 2.28. The summed E-state index contributed by atoms with van der Waals surface area (Å²) in [6, 6.07) is 1.39. The largest absolute Gasteiger partial charge is 0.309 e. The van der Waals surface area contributed by atoms with Crippen molar-refractivity contribution in [2.75, 3.05) is 0 Å². The molecule has 0 aliphatic heterocycles. The van der Waals surface area contributed by atoms with Crippen LogP contribution >= 0.6 is 0 Å². The van der Waals surface area contributed by atoms with Gasteiger partial charge in [-0.05, 0) is 12.8 Å². The number of halogens is 2. The van der Waals surface area contributed by atoms with Crippen molar-refractivity contribution in [2.45, 2.75) is 24.8 Å². The van der Waals surface area contributed by atoms with Crippen molar-refractivity contribution in [1.29, 1.82) is 5.26 Å². The van der Waals surface area contributed by atoms with Crippen LogP contribution in [0.2, 0.25) is 0 Å². The summed E-state index contributed by atoms with van der Waals surface area (Å²) in [5, 5.41) is 8.29. The minimum atomic E-state index is -2.80. The molecule has 0 bridgehead atoms. The van der Waals surface area contributed by atoms with Crippen LogP contribution in [0.1, 0.15) is 12.8 Å². The van der Waals surface area contributed by atoms with E-state index in [1.165, 1.54) is 12.1 Å². The zero-order chi connectivity index (χ0) is 8.91. The third-order valence-electron chi connectivity index (χ3n) is 1.36. The molecule has 0 amide bonds. The molecule has 62 valence electrons. The zero-order valence-corrected chi connectivity index (χ0v) is 6.06. The quantitative estimate of drug-likeness (QED) is 0.632. The molecule has 2 N–H and O–H groups in total. The molecule has 0 saturated heterocycles. The van der Waals surface area contributed by atoms with E-state index in [-0.39, 0.29) is 6.42 Å². The highest BCUT2D eigenvalue weighted by Crippen LogP contribution is 2.17. The monoisotopic (exact) mass is 160 g/mol. The van der Waals surface area contributed by atoms with Gasteiger partial charge in [0.2, 0.25) is 0 Å². The van der Waals surface area contributed by atoms with Gasteiger partial charge in [0.05, 0.1) is 6.07 Å². The van der Waals surface area contributed by atoms with E-state index in [4.69, 9.17) is 11.0 Å². The standard InChI is InChI=1S/C7H10F2N2/c1-2-3-4-7(11,5-10)6(8)9/h2,6H,1,3-4,11H2. The molecular weight excluding hydrogens is 150 g/mol. The van der Waals surface area contributed by atoms with Crippen LogP contribution in [0.15, 0.2) is 12.7 Å². The van der Waals surface area contributed by atoms with Gasteiger partial charge in [-0.2, -0.15) is 5.26 Å². The number of rotatable bonds is 4. The molecule has 0 fully saturated rings. The summed E-state index contributed by atoms with van der Waals surface area (Å²) in [5.41, 5.74) is 3.06. The topological polar surface area (TPSA) is 49.8 Å². The van der Waals surface area contributed by atoms with Crippen molar-refractivity contribution < 1.29 is 8.78 Å². The van der Waals surface area contributed by atoms with Gasteiger partial charge >= 0.3 is 0 Å². The van der Waals surface area contributed by atoms with Gasteiger partial charge in [0.25, 0.3) is 6.43 Å². The molecular formula is C7H10F2N2. The van der Waals surface area contributed by atoms with Gasteiger partial charge in [0.15, 0.2) is 5.54 Å². The summed E-state index contributed by atoms with van der Waals surface area (Å²) in [6.07, 6.45) is -1.06. The molecule has 4 heteroatoms. The Bertz CT molecular complexity index is 174. The number of nitrogens with two attached hydrogens (primary N) is 1. The fourth-order valence-electron chi connectivity index (χ4n) is 0.555. The summed E-state index contributed by atoms with van der Waals surface area (Å²) in [4.78, 5) is 0. The van der Waals surface area contributed by atoms with Crippen LogP contribution in [0, 0.1) is 11.3 Å². The molecule has 0 aromatic heterocycles. The first kappa shape index (κ1) is 10.0. The first-order valence-electron chi connectivity index (χ1n) is 3.16. The number of hydrogen-bond acceptors (Lipinski definition) is 2. The normalized spacial score (nSPS) is 15.5. The Morgan fingerprint density at radius 3 is 2.55 bits per heavy atom. The summed E-state index contributed by atoms with van der Waals surface area (Å²) in [7, 11) is 0. The molecule has 0 aliphatic rings. The van der Waals surface area contributed by atoms with Crippen molar-refractivity contribution in [3.63, 3.8) is 0 Å². The second kappa shape index (κ2) is 4.04. The van der Waals surface area contributed by atoms with E-state index in [0.717, 1.165) is 0 Å². The Balaban J connectivity index is 4.13. The fourth-order valence-corrected chi connectivity index (χ4v) is 0.555. The summed E-state index contributed by atoms with van der Waals surface area (Å²) in [5.74, 6) is 0. The Kier molecular flexibility index (Phi) is 3.69. The minimum absolute atomic E-state index is 0.0509. The maximum atomic E-state index is 12.0. The molecule has 11 heavy (non-hydrogen) atoms. The van der Waals surface area contributed by atoms with Crippen LogP contribution in [0.25, 0.3) is 0 Å². The molecule has 0 aromatic carbocycles. The molecule has 1 atom stereocenters. The van der Waals surface area contributed by atoms with E-state index in [1.807, 2.05) is 0 Å². The lowest BCUT2D eigenvalue weighted by atomic mass is 9.97. The first-order valence-corrected chi connectivity index (χ1v) is 3.16. The number of allylic oxidation sites excluding steroid dienone is 1. The number of alkyl halides is 2. The molecule has 0 saturated carbocycles. The van der Waals surface area contributed by atoms with Crippen molar-refractivity contribution >= 4 is 0 Å². The number of hydrogen-bond donors (Lipinski definition) is 1. The van der Waals surface area contributed by atoms with Crippen molar-refractivity contribution in [1.82, 2.24) is 0 Å². The molecule has 0 rings (SSSR count). The van der Waals surface area contributed by atoms with Crippen LogP contribution in [-0.2, 0) is 0 Å². The highest BCUT2D eigenvalue weighted by atomic mass is 19.3. The molecule has 0 aromatic rings. The third-order valence-corrected chi connectivity index (χ3v) is 1.36. The summed E-state index contributed by atoms with van der Waals surface area (Å²) < 4.78 is 24.1. The maximum absolute atomic E-state index is 12.0. The lowest BCUT2D eigenvalue weighted by Crippen LogP contribution is -2.45.